The van der Waals surface area contributed by atoms with Crippen molar-refractivity contribution in [3.05, 3.63) is 0 Å². The summed E-state index contributed by atoms with van der Waals surface area (Å²) in [5, 5.41) is -1.60. The molecule has 0 saturated carbocycles. The average molecular weight is 401 g/mol. The van der Waals surface area contributed by atoms with Crippen molar-refractivity contribution in [2.75, 3.05) is 0 Å². The Balaban J connectivity index is 3.30. The molecule has 2 N–H and O–H groups in total. The fourth-order valence-electron chi connectivity index (χ4n) is 1.90. The van der Waals surface area contributed by atoms with E-state index in [-0.39, 0.29) is 6.92 Å². The fourth-order valence-corrected chi connectivity index (χ4v) is 2.27. The highest BCUT2D eigenvalue weighted by Crippen LogP contribution is 2.51. The molecule has 1 aliphatic heterocycles. The highest BCUT2D eigenvalue weighted by atomic mass is 35.5. The predicted octanol–water partition coefficient (Wildman–Crippen LogP) is 3.59. The number of halogens is 11. The molecule has 144 valence electrons. The van der Waals surface area contributed by atoms with E-state index in [1.165, 1.54) is 6.92 Å². The molecule has 0 unspecified atom stereocenters. The van der Waals surface area contributed by atoms with Crippen LogP contribution in [-0.4, -0.2) is 47.4 Å². The number of alkyl halides is 11. The first-order valence-corrected chi connectivity index (χ1v) is 6.56. The third kappa shape index (κ3) is 3.40. The van der Waals surface area contributed by atoms with Gasteiger partial charge in [-0.15, -0.1) is 11.6 Å². The van der Waals surface area contributed by atoms with Gasteiger partial charge in [-0.3, -0.25) is 10.2 Å². The number of hydrogen-bond acceptors (Lipinski definition) is 3. The van der Waals surface area contributed by atoms with E-state index in [9.17, 15) is 43.9 Å². The SMILES string of the molecule is C[C@@H]1NN[C@H]([C@@](C)(OC(F)(F)C(F)(F)C(F)(F)F)C(F)(F)F)[C@H]1Cl. The van der Waals surface area contributed by atoms with Crippen molar-refractivity contribution >= 4 is 11.6 Å². The van der Waals surface area contributed by atoms with Crippen LogP contribution in [0.25, 0.3) is 0 Å². The van der Waals surface area contributed by atoms with E-state index >= 15 is 0 Å². The molecule has 0 amide bonds. The molecule has 1 saturated heterocycles. The van der Waals surface area contributed by atoms with Gasteiger partial charge in [-0.05, 0) is 13.8 Å². The summed E-state index contributed by atoms with van der Waals surface area (Å²) in [5.41, 5.74) is -0.192. The Morgan fingerprint density at radius 2 is 1.29 bits per heavy atom. The Hall–Kier alpha value is -0.530. The van der Waals surface area contributed by atoms with E-state index in [0.717, 1.165) is 0 Å². The summed E-state index contributed by atoms with van der Waals surface area (Å²) < 4.78 is 131. The van der Waals surface area contributed by atoms with Gasteiger partial charge in [-0.1, -0.05) is 0 Å². The maximum absolute atomic E-state index is 13.3. The number of hydrazine groups is 1. The van der Waals surface area contributed by atoms with Gasteiger partial charge in [0.25, 0.3) is 0 Å². The molecule has 1 heterocycles. The summed E-state index contributed by atoms with van der Waals surface area (Å²) in [4.78, 5) is 0. The number of rotatable bonds is 4. The van der Waals surface area contributed by atoms with Crippen LogP contribution in [0.15, 0.2) is 0 Å². The van der Waals surface area contributed by atoms with Crippen LogP contribution in [0.1, 0.15) is 13.8 Å². The normalized spacial score (nSPS) is 29.6. The number of hydrogen-bond donors (Lipinski definition) is 2. The third-order valence-corrected chi connectivity index (χ3v) is 4.11. The fraction of sp³-hybridized carbons (Fsp3) is 1.00. The first kappa shape index (κ1) is 21.5. The van der Waals surface area contributed by atoms with Crippen LogP contribution in [0.2, 0.25) is 0 Å². The van der Waals surface area contributed by atoms with Crippen LogP contribution in [0.3, 0.4) is 0 Å². The Bertz CT molecular complexity index is 468. The Kier molecular flexibility index (Phi) is 5.40. The van der Waals surface area contributed by atoms with Gasteiger partial charge in [0.15, 0.2) is 5.60 Å². The molecule has 24 heavy (non-hydrogen) atoms. The van der Waals surface area contributed by atoms with Crippen LogP contribution in [0.4, 0.5) is 43.9 Å². The minimum Gasteiger partial charge on any atom is -0.298 e. The molecule has 1 rings (SSSR count). The van der Waals surface area contributed by atoms with Crippen molar-refractivity contribution in [3.8, 4) is 0 Å². The smallest absolute Gasteiger partial charge is 0.298 e. The van der Waals surface area contributed by atoms with Crippen molar-refractivity contribution in [2.45, 2.75) is 61.3 Å². The lowest BCUT2D eigenvalue weighted by Gasteiger charge is -2.41. The molecule has 0 aromatic rings. The van der Waals surface area contributed by atoms with Crippen LogP contribution < -0.4 is 10.9 Å². The molecule has 0 aliphatic carbocycles. The molecular weight excluding hydrogens is 390 g/mol. The zero-order valence-electron chi connectivity index (χ0n) is 11.8. The summed E-state index contributed by atoms with van der Waals surface area (Å²) >= 11 is 5.59. The van der Waals surface area contributed by atoms with E-state index in [0.29, 0.717) is 0 Å². The van der Waals surface area contributed by atoms with Crippen molar-refractivity contribution in [1.82, 2.24) is 10.9 Å². The lowest BCUT2D eigenvalue weighted by atomic mass is 9.91. The topological polar surface area (TPSA) is 33.3 Å². The van der Waals surface area contributed by atoms with Crippen molar-refractivity contribution in [2.24, 2.45) is 0 Å². The third-order valence-electron chi connectivity index (χ3n) is 3.48. The molecule has 14 heteroatoms. The average Bonchev–Trinajstić information content (AvgIpc) is 2.66. The Labute approximate surface area is 133 Å². The van der Waals surface area contributed by atoms with Crippen molar-refractivity contribution < 1.29 is 48.6 Å². The molecule has 0 aromatic heterocycles. The van der Waals surface area contributed by atoms with Gasteiger partial charge in [0.05, 0.1) is 11.4 Å². The first-order valence-electron chi connectivity index (χ1n) is 6.13. The molecule has 1 aliphatic rings. The molecule has 0 bridgehead atoms. The molecule has 0 radical (unpaired) electrons. The zero-order chi connectivity index (χ0) is 19.4. The summed E-state index contributed by atoms with van der Waals surface area (Å²) in [6.45, 7) is 1.13. The van der Waals surface area contributed by atoms with E-state index in [4.69, 9.17) is 11.6 Å². The van der Waals surface area contributed by atoms with E-state index in [2.05, 4.69) is 10.2 Å². The Morgan fingerprint density at radius 1 is 0.833 bits per heavy atom. The minimum atomic E-state index is -6.86. The standard InChI is InChI=1S/C10H11ClF10N2O/c1-3-4(11)5(23-22-3)6(2,8(14,15)16)24-10(20,21)7(12,13)9(17,18)19/h3-5,22-23H,1-2H3/t3-,4-,5-,6+/m0/s1. The molecule has 3 nitrogen and oxygen atoms in total. The lowest BCUT2D eigenvalue weighted by Crippen LogP contribution is -2.66. The van der Waals surface area contributed by atoms with Gasteiger partial charge in [0, 0.05) is 6.04 Å². The zero-order valence-corrected chi connectivity index (χ0v) is 12.6. The van der Waals surface area contributed by atoms with Gasteiger partial charge in [0.1, 0.15) is 0 Å². The van der Waals surface area contributed by atoms with Crippen molar-refractivity contribution in [1.29, 1.82) is 0 Å². The first-order chi connectivity index (χ1) is 10.4. The van der Waals surface area contributed by atoms with Crippen LogP contribution in [0, 0.1) is 0 Å². The summed E-state index contributed by atoms with van der Waals surface area (Å²) in [5.74, 6) is -6.86. The number of ether oxygens (including phenoxy) is 1. The predicted molar refractivity (Wildman–Crippen MR) is 60.7 cm³/mol. The van der Waals surface area contributed by atoms with Gasteiger partial charge in [0.2, 0.25) is 0 Å². The maximum Gasteiger partial charge on any atom is 0.462 e. The largest absolute Gasteiger partial charge is 0.462 e. The van der Waals surface area contributed by atoms with Gasteiger partial charge < -0.3 is 0 Å². The molecule has 1 fully saturated rings. The van der Waals surface area contributed by atoms with E-state index < -0.39 is 47.4 Å². The van der Waals surface area contributed by atoms with Gasteiger partial charge in [-0.25, -0.2) is 5.43 Å². The van der Waals surface area contributed by atoms with Crippen LogP contribution >= 0.6 is 11.6 Å². The quantitative estimate of drug-likeness (QED) is 0.559. The maximum atomic E-state index is 13.3. The minimum absolute atomic E-state index is 0.0971. The van der Waals surface area contributed by atoms with Crippen LogP contribution in [-0.2, 0) is 4.74 Å². The number of nitrogens with one attached hydrogen (secondary N) is 2. The highest BCUT2D eigenvalue weighted by Gasteiger charge is 2.78. The van der Waals surface area contributed by atoms with E-state index in [1.54, 1.807) is 0 Å². The second kappa shape index (κ2) is 6.02. The summed E-state index contributed by atoms with van der Waals surface area (Å²) in [6, 6.07) is -3.22. The monoisotopic (exact) mass is 400 g/mol. The second-order valence-electron chi connectivity index (χ2n) is 5.30. The second-order valence-corrected chi connectivity index (χ2v) is 5.80. The molecule has 0 spiro atoms. The van der Waals surface area contributed by atoms with Gasteiger partial charge in [-0.2, -0.15) is 43.9 Å². The lowest BCUT2D eigenvalue weighted by molar-refractivity contribution is -0.463. The molecular formula is C10H11ClF10N2O. The Morgan fingerprint density at radius 3 is 1.58 bits per heavy atom. The highest BCUT2D eigenvalue weighted by molar-refractivity contribution is 6.21. The summed E-state index contributed by atoms with van der Waals surface area (Å²) in [6.07, 6.45) is -19.1. The molecule has 0 aromatic carbocycles. The van der Waals surface area contributed by atoms with Crippen LogP contribution in [0.5, 0.6) is 0 Å². The molecule has 4 atom stereocenters. The summed E-state index contributed by atoms with van der Waals surface area (Å²) in [7, 11) is 0. The van der Waals surface area contributed by atoms with Gasteiger partial charge >= 0.3 is 24.4 Å². The van der Waals surface area contributed by atoms with Crippen molar-refractivity contribution in [3.63, 3.8) is 0 Å². The van der Waals surface area contributed by atoms with E-state index in [1.807, 2.05) is 5.43 Å².